The number of aromatic nitrogens is 1. The van der Waals surface area contributed by atoms with Crippen LogP contribution in [-0.4, -0.2) is 4.57 Å². The van der Waals surface area contributed by atoms with Crippen LogP contribution in [0.5, 0.6) is 0 Å². The lowest BCUT2D eigenvalue weighted by Crippen LogP contribution is -1.96. The van der Waals surface area contributed by atoms with E-state index in [9.17, 15) is 0 Å². The Morgan fingerprint density at radius 2 is 2.20 bits per heavy atom. The Balaban J connectivity index is 2.48. The standard InChI is InChI=1S/C12H11Cl2N/c1-9(7-13)8-15-5-4-10-2-3-11(14)6-12(10)15/h2-7H,8H2,1H3/b9-7-. The average molecular weight is 240 g/mol. The summed E-state index contributed by atoms with van der Waals surface area (Å²) < 4.78 is 2.13. The van der Waals surface area contributed by atoms with Gasteiger partial charge in [-0.05, 0) is 36.1 Å². The van der Waals surface area contributed by atoms with E-state index in [-0.39, 0.29) is 0 Å². The van der Waals surface area contributed by atoms with Crippen molar-refractivity contribution in [3.8, 4) is 0 Å². The zero-order valence-electron chi connectivity index (χ0n) is 8.37. The molecule has 0 spiro atoms. The van der Waals surface area contributed by atoms with Crippen LogP contribution in [0.2, 0.25) is 5.02 Å². The summed E-state index contributed by atoms with van der Waals surface area (Å²) in [6, 6.07) is 7.97. The molecule has 78 valence electrons. The number of rotatable bonds is 2. The Bertz CT molecular complexity index is 511. The second-order valence-electron chi connectivity index (χ2n) is 3.60. The molecular weight excluding hydrogens is 229 g/mol. The largest absolute Gasteiger partial charge is 0.343 e. The highest BCUT2D eigenvalue weighted by atomic mass is 35.5. The summed E-state index contributed by atoms with van der Waals surface area (Å²) in [6.07, 6.45) is 2.05. The van der Waals surface area contributed by atoms with E-state index < -0.39 is 0 Å². The van der Waals surface area contributed by atoms with Crippen molar-refractivity contribution in [2.45, 2.75) is 13.5 Å². The molecule has 0 saturated heterocycles. The van der Waals surface area contributed by atoms with Crippen molar-refractivity contribution in [1.29, 1.82) is 0 Å². The highest BCUT2D eigenvalue weighted by Gasteiger charge is 2.01. The minimum absolute atomic E-state index is 0.759. The Morgan fingerprint density at radius 1 is 1.40 bits per heavy atom. The highest BCUT2D eigenvalue weighted by molar-refractivity contribution is 6.31. The molecular formula is C12H11Cl2N. The predicted octanol–water partition coefficient (Wildman–Crippen LogP) is 4.44. The molecule has 1 aromatic carbocycles. The topological polar surface area (TPSA) is 4.93 Å². The van der Waals surface area contributed by atoms with Crippen molar-refractivity contribution in [1.82, 2.24) is 4.57 Å². The summed E-state index contributed by atoms with van der Waals surface area (Å²) in [6.45, 7) is 2.80. The number of allylic oxidation sites excluding steroid dienone is 1. The molecule has 0 aliphatic heterocycles. The second kappa shape index (κ2) is 4.30. The lowest BCUT2D eigenvalue weighted by Gasteiger charge is -2.05. The molecule has 15 heavy (non-hydrogen) atoms. The summed E-state index contributed by atoms with van der Waals surface area (Å²) >= 11 is 11.6. The molecule has 1 aromatic heterocycles. The minimum Gasteiger partial charge on any atom is -0.343 e. The molecule has 2 aromatic rings. The van der Waals surface area contributed by atoms with Gasteiger partial charge in [0.25, 0.3) is 0 Å². The molecule has 0 fully saturated rings. The first kappa shape index (κ1) is 10.6. The number of halogens is 2. The van der Waals surface area contributed by atoms with Crippen molar-refractivity contribution < 1.29 is 0 Å². The van der Waals surface area contributed by atoms with Gasteiger partial charge in [-0.3, -0.25) is 0 Å². The van der Waals surface area contributed by atoms with Crippen molar-refractivity contribution in [2.24, 2.45) is 0 Å². The van der Waals surface area contributed by atoms with Gasteiger partial charge < -0.3 is 4.57 Å². The molecule has 1 heterocycles. The third-order valence-electron chi connectivity index (χ3n) is 2.34. The molecule has 2 rings (SSSR count). The summed E-state index contributed by atoms with van der Waals surface area (Å²) in [4.78, 5) is 0. The first-order chi connectivity index (χ1) is 7.20. The molecule has 0 N–H and O–H groups in total. The summed E-state index contributed by atoms with van der Waals surface area (Å²) in [5.74, 6) is 0. The first-order valence-corrected chi connectivity index (χ1v) is 5.52. The monoisotopic (exact) mass is 239 g/mol. The van der Waals surface area contributed by atoms with Crippen LogP contribution in [0.4, 0.5) is 0 Å². The van der Waals surface area contributed by atoms with E-state index >= 15 is 0 Å². The van der Waals surface area contributed by atoms with Crippen LogP contribution in [0.15, 0.2) is 41.6 Å². The van der Waals surface area contributed by atoms with Crippen molar-refractivity contribution in [2.75, 3.05) is 0 Å². The normalized spacial score (nSPS) is 12.3. The number of hydrogen-bond acceptors (Lipinski definition) is 0. The third kappa shape index (κ3) is 2.19. The summed E-state index contributed by atoms with van der Waals surface area (Å²) in [5, 5.41) is 1.96. The number of hydrogen-bond donors (Lipinski definition) is 0. The molecule has 0 aliphatic carbocycles. The SMILES string of the molecule is C/C(=C/Cl)Cn1ccc2ccc(Cl)cc21. The number of nitrogens with zero attached hydrogens (tertiary/aromatic N) is 1. The summed E-state index contributed by atoms with van der Waals surface area (Å²) in [5.41, 5.74) is 3.87. The average Bonchev–Trinajstić information content (AvgIpc) is 2.61. The zero-order valence-corrected chi connectivity index (χ0v) is 9.89. The van der Waals surface area contributed by atoms with Gasteiger partial charge in [-0.1, -0.05) is 29.3 Å². The fourth-order valence-corrected chi connectivity index (χ4v) is 1.83. The van der Waals surface area contributed by atoms with Gasteiger partial charge in [0, 0.05) is 28.8 Å². The van der Waals surface area contributed by atoms with Crippen molar-refractivity contribution in [3.05, 3.63) is 46.6 Å². The molecule has 0 amide bonds. The van der Waals surface area contributed by atoms with Gasteiger partial charge in [0.05, 0.1) is 0 Å². The van der Waals surface area contributed by atoms with E-state index in [1.54, 1.807) is 5.54 Å². The van der Waals surface area contributed by atoms with Crippen LogP contribution in [-0.2, 0) is 6.54 Å². The van der Waals surface area contributed by atoms with Gasteiger partial charge in [-0.25, -0.2) is 0 Å². The van der Waals surface area contributed by atoms with Gasteiger partial charge in [0.15, 0.2) is 0 Å². The second-order valence-corrected chi connectivity index (χ2v) is 4.26. The molecule has 0 bridgehead atoms. The number of benzene rings is 1. The Kier molecular flexibility index (Phi) is 3.03. The Labute approximate surface area is 98.9 Å². The maximum Gasteiger partial charge on any atom is 0.0498 e. The smallest absolute Gasteiger partial charge is 0.0498 e. The fourth-order valence-electron chi connectivity index (χ4n) is 1.60. The van der Waals surface area contributed by atoms with Crippen LogP contribution < -0.4 is 0 Å². The maximum absolute atomic E-state index is 5.96. The van der Waals surface area contributed by atoms with E-state index in [0.29, 0.717) is 0 Å². The minimum atomic E-state index is 0.759. The van der Waals surface area contributed by atoms with Gasteiger partial charge in [-0.2, -0.15) is 0 Å². The van der Waals surface area contributed by atoms with E-state index in [2.05, 4.69) is 10.6 Å². The molecule has 1 nitrogen and oxygen atoms in total. The van der Waals surface area contributed by atoms with E-state index in [4.69, 9.17) is 23.2 Å². The van der Waals surface area contributed by atoms with Gasteiger partial charge >= 0.3 is 0 Å². The predicted molar refractivity (Wildman–Crippen MR) is 66.6 cm³/mol. The van der Waals surface area contributed by atoms with Crippen LogP contribution >= 0.6 is 23.2 Å². The van der Waals surface area contributed by atoms with Crippen LogP contribution in [0.25, 0.3) is 10.9 Å². The lowest BCUT2D eigenvalue weighted by atomic mass is 10.2. The molecule has 0 aliphatic rings. The fraction of sp³-hybridized carbons (Fsp3) is 0.167. The van der Waals surface area contributed by atoms with Gasteiger partial charge in [-0.15, -0.1) is 0 Å². The van der Waals surface area contributed by atoms with Crippen molar-refractivity contribution >= 4 is 34.1 Å². The van der Waals surface area contributed by atoms with Crippen LogP contribution in [0.3, 0.4) is 0 Å². The summed E-state index contributed by atoms with van der Waals surface area (Å²) in [7, 11) is 0. The molecule has 0 radical (unpaired) electrons. The van der Waals surface area contributed by atoms with Crippen LogP contribution in [0.1, 0.15) is 6.92 Å². The van der Waals surface area contributed by atoms with Crippen LogP contribution in [0, 0.1) is 0 Å². The lowest BCUT2D eigenvalue weighted by molar-refractivity contribution is 0.821. The van der Waals surface area contributed by atoms with Crippen molar-refractivity contribution in [3.63, 3.8) is 0 Å². The molecule has 3 heteroatoms. The third-order valence-corrected chi connectivity index (χ3v) is 2.95. The van der Waals surface area contributed by atoms with E-state index in [1.165, 1.54) is 5.39 Å². The zero-order chi connectivity index (χ0) is 10.8. The maximum atomic E-state index is 5.96. The first-order valence-electron chi connectivity index (χ1n) is 4.71. The Hall–Kier alpha value is -0.920. The molecule has 0 atom stereocenters. The van der Waals surface area contributed by atoms with E-state index in [1.807, 2.05) is 31.3 Å². The van der Waals surface area contributed by atoms with Gasteiger partial charge in [0.2, 0.25) is 0 Å². The molecule has 0 unspecified atom stereocenters. The highest BCUT2D eigenvalue weighted by Crippen LogP contribution is 2.21. The number of fused-ring (bicyclic) bond motifs is 1. The van der Waals surface area contributed by atoms with Gasteiger partial charge in [0.1, 0.15) is 0 Å². The molecule has 0 saturated carbocycles. The Morgan fingerprint density at radius 3 is 2.93 bits per heavy atom. The van der Waals surface area contributed by atoms with E-state index in [0.717, 1.165) is 22.7 Å². The quantitative estimate of drug-likeness (QED) is 0.731.